The molecule has 0 saturated heterocycles. The number of aliphatic carboxylic acids is 1. The van der Waals surface area contributed by atoms with Crippen LogP contribution in [0.4, 0.5) is 0 Å². The van der Waals surface area contributed by atoms with Crippen molar-refractivity contribution in [2.45, 2.75) is 0 Å². The zero-order valence-electron chi connectivity index (χ0n) is 12.9. The van der Waals surface area contributed by atoms with Crippen molar-refractivity contribution in [3.8, 4) is 0 Å². The predicted molar refractivity (Wildman–Crippen MR) is 91.5 cm³/mol. The Hall–Kier alpha value is -1.91. The Kier molecular flexibility index (Phi) is 16.4. The van der Waals surface area contributed by atoms with E-state index in [4.69, 9.17) is 5.11 Å². The van der Waals surface area contributed by atoms with Gasteiger partial charge in [-0.2, -0.15) is 0 Å². The van der Waals surface area contributed by atoms with Crippen molar-refractivity contribution in [3.63, 3.8) is 0 Å². The molecule has 0 aromatic rings. The number of carbonyl (C=O) groups is 1. The third-order valence-electron chi connectivity index (χ3n) is 2.30. The third-order valence-corrected chi connectivity index (χ3v) is 2.30. The average molecular weight is 292 g/mol. The molecule has 0 amide bonds. The van der Waals surface area contributed by atoms with Crippen molar-refractivity contribution in [3.05, 3.63) is 63.3 Å². The Balaban J connectivity index is 0. The molecule has 4 heteroatoms. The van der Waals surface area contributed by atoms with Crippen LogP contribution in [0.3, 0.4) is 0 Å². The number of carboxylic acid groups (broad SMARTS) is 1. The van der Waals surface area contributed by atoms with E-state index in [0.29, 0.717) is 13.1 Å². The molecule has 0 heterocycles. The molecule has 0 aromatic carbocycles. The molecule has 0 bridgehead atoms. The minimum absolute atomic E-state index is 0.0397. The summed E-state index contributed by atoms with van der Waals surface area (Å²) in [5.41, 5.74) is 0. The highest BCUT2D eigenvalue weighted by molar-refractivity contribution is 5.69. The zero-order valence-corrected chi connectivity index (χ0v) is 12.9. The first-order chi connectivity index (χ1) is 10.0. The molecule has 0 fully saturated rings. The summed E-state index contributed by atoms with van der Waals surface area (Å²) in [5, 5.41) is 8.43. The smallest absolute Gasteiger partial charge is 0.317 e. The summed E-state index contributed by atoms with van der Waals surface area (Å²) in [6.07, 6.45) is 8.99. The van der Waals surface area contributed by atoms with Crippen LogP contribution in [0, 0.1) is 0 Å². The Morgan fingerprint density at radius 1 is 0.714 bits per heavy atom. The van der Waals surface area contributed by atoms with Crippen LogP contribution >= 0.6 is 0 Å². The summed E-state index contributed by atoms with van der Waals surface area (Å²) in [7, 11) is 0. The van der Waals surface area contributed by atoms with Crippen LogP contribution in [-0.4, -0.2) is 60.1 Å². The van der Waals surface area contributed by atoms with Gasteiger partial charge in [-0.25, -0.2) is 0 Å². The number of carboxylic acids is 1. The number of rotatable bonds is 12. The highest BCUT2D eigenvalue weighted by Gasteiger charge is 2.04. The highest BCUT2D eigenvalue weighted by atomic mass is 16.4. The molecule has 0 aromatic heterocycles. The van der Waals surface area contributed by atoms with E-state index in [1.165, 1.54) is 0 Å². The van der Waals surface area contributed by atoms with E-state index in [0.717, 1.165) is 19.6 Å². The second-order valence-electron chi connectivity index (χ2n) is 4.25. The molecule has 0 saturated carbocycles. The lowest BCUT2D eigenvalue weighted by atomic mass is 10.4. The van der Waals surface area contributed by atoms with Gasteiger partial charge in [0.05, 0.1) is 6.54 Å². The topological polar surface area (TPSA) is 43.8 Å². The average Bonchev–Trinajstić information content (AvgIpc) is 2.40. The van der Waals surface area contributed by atoms with E-state index in [1.54, 1.807) is 17.1 Å². The molecule has 0 aliphatic heterocycles. The number of hydrogen-bond donors (Lipinski definition) is 1. The first-order valence-electron chi connectivity index (χ1n) is 6.76. The van der Waals surface area contributed by atoms with Crippen LogP contribution in [0.2, 0.25) is 0 Å². The molecular formula is C17H28N2O2. The van der Waals surface area contributed by atoms with E-state index >= 15 is 0 Å². The van der Waals surface area contributed by atoms with Crippen LogP contribution in [-0.2, 0) is 4.79 Å². The second kappa shape index (κ2) is 16.1. The normalized spacial score (nSPS) is 9.43. The second-order valence-corrected chi connectivity index (χ2v) is 4.25. The van der Waals surface area contributed by atoms with E-state index in [-0.39, 0.29) is 6.54 Å². The first kappa shape index (κ1) is 21.4. The molecule has 0 aliphatic carbocycles. The predicted octanol–water partition coefficient (Wildman–Crippen LogP) is 2.59. The van der Waals surface area contributed by atoms with Gasteiger partial charge in [-0.1, -0.05) is 30.4 Å². The quantitative estimate of drug-likeness (QED) is 0.562. The van der Waals surface area contributed by atoms with Crippen LogP contribution in [0.5, 0.6) is 0 Å². The maximum atomic E-state index is 10.2. The molecule has 4 nitrogen and oxygen atoms in total. The maximum absolute atomic E-state index is 10.2. The molecule has 0 spiro atoms. The van der Waals surface area contributed by atoms with Crippen LogP contribution < -0.4 is 0 Å². The highest BCUT2D eigenvalue weighted by Crippen LogP contribution is 1.88. The molecule has 118 valence electrons. The number of nitrogens with zero attached hydrogens (tertiary/aromatic N) is 2. The molecule has 21 heavy (non-hydrogen) atoms. The van der Waals surface area contributed by atoms with Gasteiger partial charge in [0.2, 0.25) is 0 Å². The fourth-order valence-electron chi connectivity index (χ4n) is 1.53. The lowest BCUT2D eigenvalue weighted by molar-refractivity contribution is -0.138. The standard InChI is InChI=1S/C9H15N.C8H13NO2/c1-4-7-10(8-5-2)9-6-3;1-3-5-9(6-4-2)7-8(10)11/h4-6H,1-3,7-9H2;3-4H,1-2,5-7H2,(H,10,11). The van der Waals surface area contributed by atoms with Crippen LogP contribution in [0.1, 0.15) is 0 Å². The van der Waals surface area contributed by atoms with Crippen molar-refractivity contribution in [2.75, 3.05) is 39.3 Å². The SMILES string of the molecule is C=CCN(CC=C)CC(=O)O.C=CCN(CC=C)CC=C. The Labute approximate surface area is 129 Å². The monoisotopic (exact) mass is 292 g/mol. The molecule has 0 atom stereocenters. The zero-order chi connectivity index (χ0) is 16.5. The van der Waals surface area contributed by atoms with Gasteiger partial charge in [-0.15, -0.1) is 32.9 Å². The van der Waals surface area contributed by atoms with E-state index < -0.39 is 5.97 Å². The van der Waals surface area contributed by atoms with Gasteiger partial charge in [-0.05, 0) is 0 Å². The largest absolute Gasteiger partial charge is 0.480 e. The van der Waals surface area contributed by atoms with Crippen LogP contribution in [0.15, 0.2) is 63.3 Å². The van der Waals surface area contributed by atoms with Gasteiger partial charge >= 0.3 is 5.97 Å². The molecule has 0 unspecified atom stereocenters. The van der Waals surface area contributed by atoms with Crippen molar-refractivity contribution in [2.24, 2.45) is 0 Å². The molecule has 1 N–H and O–H groups in total. The summed E-state index contributed by atoms with van der Waals surface area (Å²) >= 11 is 0. The van der Waals surface area contributed by atoms with Crippen molar-refractivity contribution < 1.29 is 9.90 Å². The van der Waals surface area contributed by atoms with Gasteiger partial charge in [0, 0.05) is 32.7 Å². The Bertz CT molecular complexity index is 304. The summed E-state index contributed by atoms with van der Waals surface area (Å²) in [6, 6.07) is 0. The molecular weight excluding hydrogens is 264 g/mol. The summed E-state index contributed by atoms with van der Waals surface area (Å²) in [4.78, 5) is 14.2. The van der Waals surface area contributed by atoms with Crippen LogP contribution in [0.25, 0.3) is 0 Å². The van der Waals surface area contributed by atoms with Gasteiger partial charge in [-0.3, -0.25) is 14.6 Å². The first-order valence-corrected chi connectivity index (χ1v) is 6.76. The minimum Gasteiger partial charge on any atom is -0.480 e. The molecule has 0 aliphatic rings. The summed E-state index contributed by atoms with van der Waals surface area (Å²) < 4.78 is 0. The minimum atomic E-state index is -0.825. The van der Waals surface area contributed by atoms with Gasteiger partial charge in [0.15, 0.2) is 0 Å². The lowest BCUT2D eigenvalue weighted by Crippen LogP contribution is -2.29. The lowest BCUT2D eigenvalue weighted by Gasteiger charge is -2.15. The van der Waals surface area contributed by atoms with E-state index in [1.807, 2.05) is 18.2 Å². The number of hydrogen-bond acceptors (Lipinski definition) is 3. The van der Waals surface area contributed by atoms with Crippen molar-refractivity contribution >= 4 is 5.97 Å². The molecule has 0 rings (SSSR count). The van der Waals surface area contributed by atoms with Gasteiger partial charge < -0.3 is 5.11 Å². The third kappa shape index (κ3) is 16.0. The Morgan fingerprint density at radius 2 is 1.00 bits per heavy atom. The van der Waals surface area contributed by atoms with E-state index in [9.17, 15) is 4.79 Å². The summed E-state index contributed by atoms with van der Waals surface area (Å²) in [6.45, 7) is 21.9. The molecule has 0 radical (unpaired) electrons. The van der Waals surface area contributed by atoms with Crippen molar-refractivity contribution in [1.29, 1.82) is 0 Å². The van der Waals surface area contributed by atoms with E-state index in [2.05, 4.69) is 37.8 Å². The Morgan fingerprint density at radius 3 is 1.24 bits per heavy atom. The van der Waals surface area contributed by atoms with Crippen molar-refractivity contribution in [1.82, 2.24) is 9.80 Å². The summed E-state index contributed by atoms with van der Waals surface area (Å²) in [5.74, 6) is -0.825. The van der Waals surface area contributed by atoms with Gasteiger partial charge in [0.25, 0.3) is 0 Å². The van der Waals surface area contributed by atoms with Gasteiger partial charge in [0.1, 0.15) is 0 Å². The fraction of sp³-hybridized carbons (Fsp3) is 0.353. The maximum Gasteiger partial charge on any atom is 0.317 e. The fourth-order valence-corrected chi connectivity index (χ4v) is 1.53.